The van der Waals surface area contributed by atoms with Crippen LogP contribution in [0.25, 0.3) is 0 Å². The van der Waals surface area contributed by atoms with Crippen LogP contribution in [-0.4, -0.2) is 51.4 Å². The standard InChI is InChI=1S/C15H23ClN2O2.2ClH/c1-19-15-4-3-13(11-14(15)16)12-17-5-2-6-18-7-9-20-10-8-18;;/h3-4,11,17H,2,5-10,12H2,1H3;2*1H. The van der Waals surface area contributed by atoms with Gasteiger partial charge in [0.25, 0.3) is 0 Å². The van der Waals surface area contributed by atoms with E-state index in [1.807, 2.05) is 18.2 Å². The molecule has 0 bridgehead atoms. The Labute approximate surface area is 150 Å². The third kappa shape index (κ3) is 7.36. The molecule has 128 valence electrons. The van der Waals surface area contributed by atoms with Crippen LogP contribution in [0.15, 0.2) is 18.2 Å². The fourth-order valence-corrected chi connectivity index (χ4v) is 2.59. The molecular formula is C15H25Cl3N2O2. The van der Waals surface area contributed by atoms with E-state index in [1.165, 1.54) is 5.56 Å². The lowest BCUT2D eigenvalue weighted by molar-refractivity contribution is 0.0374. The van der Waals surface area contributed by atoms with Gasteiger partial charge in [0.2, 0.25) is 0 Å². The van der Waals surface area contributed by atoms with Gasteiger partial charge < -0.3 is 14.8 Å². The maximum absolute atomic E-state index is 6.10. The Kier molecular flexibility index (Phi) is 12.1. The number of benzene rings is 1. The van der Waals surface area contributed by atoms with Gasteiger partial charge in [-0.1, -0.05) is 17.7 Å². The molecule has 0 atom stereocenters. The number of hydrogen-bond donors (Lipinski definition) is 1. The van der Waals surface area contributed by atoms with Gasteiger partial charge in [-0.3, -0.25) is 4.90 Å². The first-order valence-corrected chi connectivity index (χ1v) is 7.50. The molecule has 1 aliphatic heterocycles. The van der Waals surface area contributed by atoms with Crippen LogP contribution in [0.4, 0.5) is 0 Å². The van der Waals surface area contributed by atoms with Gasteiger partial charge in [0.1, 0.15) is 5.75 Å². The SMILES string of the molecule is COc1ccc(CNCCCN2CCOCC2)cc1Cl.Cl.Cl. The maximum atomic E-state index is 6.10. The zero-order chi connectivity index (χ0) is 14.2. The van der Waals surface area contributed by atoms with Crippen LogP contribution < -0.4 is 10.1 Å². The number of rotatable bonds is 7. The van der Waals surface area contributed by atoms with Gasteiger partial charge in [0.05, 0.1) is 25.3 Å². The number of nitrogens with one attached hydrogen (secondary N) is 1. The summed E-state index contributed by atoms with van der Waals surface area (Å²) in [5, 5.41) is 4.12. The summed E-state index contributed by atoms with van der Waals surface area (Å²) in [6.07, 6.45) is 1.16. The summed E-state index contributed by atoms with van der Waals surface area (Å²) in [4.78, 5) is 2.45. The van der Waals surface area contributed by atoms with Gasteiger partial charge in [0.15, 0.2) is 0 Å². The van der Waals surface area contributed by atoms with Crippen molar-refractivity contribution in [2.45, 2.75) is 13.0 Å². The van der Waals surface area contributed by atoms with E-state index in [9.17, 15) is 0 Å². The molecule has 0 spiro atoms. The second-order valence-corrected chi connectivity index (χ2v) is 5.36. The van der Waals surface area contributed by atoms with Crippen LogP contribution in [0.2, 0.25) is 5.02 Å². The summed E-state index contributed by atoms with van der Waals surface area (Å²) in [7, 11) is 1.63. The minimum Gasteiger partial charge on any atom is -0.495 e. The molecule has 2 rings (SSSR count). The Balaban J connectivity index is 0.00000220. The van der Waals surface area contributed by atoms with Gasteiger partial charge >= 0.3 is 0 Å². The average molecular weight is 372 g/mol. The van der Waals surface area contributed by atoms with Crippen molar-refractivity contribution in [2.75, 3.05) is 46.5 Å². The highest BCUT2D eigenvalue weighted by molar-refractivity contribution is 6.32. The largest absolute Gasteiger partial charge is 0.495 e. The van der Waals surface area contributed by atoms with Crippen molar-refractivity contribution in [2.24, 2.45) is 0 Å². The van der Waals surface area contributed by atoms with Crippen molar-refractivity contribution < 1.29 is 9.47 Å². The van der Waals surface area contributed by atoms with Gasteiger partial charge in [-0.2, -0.15) is 0 Å². The fourth-order valence-electron chi connectivity index (χ4n) is 2.31. The van der Waals surface area contributed by atoms with E-state index in [4.69, 9.17) is 21.1 Å². The van der Waals surface area contributed by atoms with Crippen LogP contribution in [0.5, 0.6) is 5.75 Å². The number of hydrogen-bond acceptors (Lipinski definition) is 4. The minimum atomic E-state index is 0. The predicted octanol–water partition coefficient (Wildman–Crippen LogP) is 3.00. The second kappa shape index (κ2) is 12.2. The summed E-state index contributed by atoms with van der Waals surface area (Å²) >= 11 is 6.10. The number of halogens is 3. The zero-order valence-corrected chi connectivity index (χ0v) is 15.2. The molecule has 0 amide bonds. The quantitative estimate of drug-likeness (QED) is 0.747. The van der Waals surface area contributed by atoms with E-state index in [-0.39, 0.29) is 24.8 Å². The monoisotopic (exact) mass is 370 g/mol. The Morgan fingerprint density at radius 1 is 1.27 bits per heavy atom. The Bertz CT molecular complexity index is 416. The number of ether oxygens (including phenoxy) is 2. The first kappa shape index (κ1) is 21.8. The summed E-state index contributed by atoms with van der Waals surface area (Å²) in [6, 6.07) is 5.90. The zero-order valence-electron chi connectivity index (χ0n) is 12.8. The molecule has 22 heavy (non-hydrogen) atoms. The Hall–Kier alpha value is -0.230. The summed E-state index contributed by atoms with van der Waals surface area (Å²) in [5.41, 5.74) is 1.18. The van der Waals surface area contributed by atoms with Crippen molar-refractivity contribution in [3.05, 3.63) is 28.8 Å². The summed E-state index contributed by atoms with van der Waals surface area (Å²) in [6.45, 7) is 6.87. The van der Waals surface area contributed by atoms with E-state index in [2.05, 4.69) is 10.2 Å². The third-order valence-corrected chi connectivity index (χ3v) is 3.77. The molecule has 4 nitrogen and oxygen atoms in total. The molecule has 0 aliphatic carbocycles. The highest BCUT2D eigenvalue weighted by Gasteiger charge is 2.08. The van der Waals surface area contributed by atoms with Gasteiger partial charge in [-0.15, -0.1) is 24.8 Å². The molecule has 1 aromatic rings. The van der Waals surface area contributed by atoms with E-state index >= 15 is 0 Å². The van der Waals surface area contributed by atoms with Crippen molar-refractivity contribution in [3.8, 4) is 5.75 Å². The molecular weight excluding hydrogens is 347 g/mol. The van der Waals surface area contributed by atoms with Crippen LogP contribution >= 0.6 is 36.4 Å². The van der Waals surface area contributed by atoms with E-state index in [0.717, 1.165) is 58.1 Å². The molecule has 1 saturated heterocycles. The molecule has 0 radical (unpaired) electrons. The van der Waals surface area contributed by atoms with E-state index in [0.29, 0.717) is 5.02 Å². The topological polar surface area (TPSA) is 33.7 Å². The molecule has 1 fully saturated rings. The smallest absolute Gasteiger partial charge is 0.137 e. The lowest BCUT2D eigenvalue weighted by Gasteiger charge is -2.26. The number of morpholine rings is 1. The van der Waals surface area contributed by atoms with Crippen LogP contribution in [0.3, 0.4) is 0 Å². The van der Waals surface area contributed by atoms with Crippen molar-refractivity contribution in [1.82, 2.24) is 10.2 Å². The highest BCUT2D eigenvalue weighted by atomic mass is 35.5. The van der Waals surface area contributed by atoms with Crippen LogP contribution in [-0.2, 0) is 11.3 Å². The predicted molar refractivity (Wildman–Crippen MR) is 96.1 cm³/mol. The van der Waals surface area contributed by atoms with Crippen molar-refractivity contribution in [1.29, 1.82) is 0 Å². The molecule has 0 unspecified atom stereocenters. The second-order valence-electron chi connectivity index (χ2n) is 4.95. The molecule has 0 saturated carbocycles. The maximum Gasteiger partial charge on any atom is 0.137 e. The molecule has 1 aliphatic rings. The normalized spacial score (nSPS) is 14.8. The first-order valence-electron chi connectivity index (χ1n) is 7.13. The lowest BCUT2D eigenvalue weighted by Crippen LogP contribution is -2.37. The highest BCUT2D eigenvalue weighted by Crippen LogP contribution is 2.24. The Morgan fingerprint density at radius 3 is 2.64 bits per heavy atom. The first-order chi connectivity index (χ1) is 9.79. The molecule has 1 heterocycles. The molecule has 7 heteroatoms. The van der Waals surface area contributed by atoms with E-state index < -0.39 is 0 Å². The number of nitrogens with zero attached hydrogens (tertiary/aromatic N) is 1. The van der Waals surface area contributed by atoms with Gasteiger partial charge in [-0.05, 0) is 37.2 Å². The molecule has 1 N–H and O–H groups in total. The average Bonchev–Trinajstić information content (AvgIpc) is 2.48. The van der Waals surface area contributed by atoms with E-state index in [1.54, 1.807) is 7.11 Å². The minimum absolute atomic E-state index is 0. The number of methoxy groups -OCH3 is 1. The lowest BCUT2D eigenvalue weighted by atomic mass is 10.2. The summed E-state index contributed by atoms with van der Waals surface area (Å²) in [5.74, 6) is 0.725. The molecule has 1 aromatic carbocycles. The van der Waals surface area contributed by atoms with Gasteiger partial charge in [0, 0.05) is 19.6 Å². The van der Waals surface area contributed by atoms with Crippen molar-refractivity contribution >= 4 is 36.4 Å². The van der Waals surface area contributed by atoms with Crippen molar-refractivity contribution in [3.63, 3.8) is 0 Å². The summed E-state index contributed by atoms with van der Waals surface area (Å²) < 4.78 is 10.5. The van der Waals surface area contributed by atoms with Gasteiger partial charge in [-0.25, -0.2) is 0 Å². The fraction of sp³-hybridized carbons (Fsp3) is 0.600. The Morgan fingerprint density at radius 2 is 2.00 bits per heavy atom. The molecule has 0 aromatic heterocycles. The van der Waals surface area contributed by atoms with Crippen LogP contribution in [0, 0.1) is 0 Å². The third-order valence-electron chi connectivity index (χ3n) is 3.48. The van der Waals surface area contributed by atoms with Crippen LogP contribution in [0.1, 0.15) is 12.0 Å².